The molecule has 0 unspecified atom stereocenters. The fourth-order valence-electron chi connectivity index (χ4n) is 5.59. The van der Waals surface area contributed by atoms with Crippen molar-refractivity contribution in [1.82, 2.24) is 24.5 Å². The molecular formula is C30H39N5O2. The summed E-state index contributed by atoms with van der Waals surface area (Å²) in [4.78, 5) is 22.7. The van der Waals surface area contributed by atoms with Crippen molar-refractivity contribution in [3.05, 3.63) is 53.0 Å². The first-order valence-electron chi connectivity index (χ1n) is 13.5. The summed E-state index contributed by atoms with van der Waals surface area (Å²) in [7, 11) is 0. The lowest BCUT2D eigenvalue weighted by Crippen LogP contribution is -2.41. The molecule has 196 valence electrons. The number of piperidine rings is 1. The van der Waals surface area contributed by atoms with E-state index in [0.717, 1.165) is 60.6 Å². The average Bonchev–Trinajstić information content (AvgIpc) is 3.41. The Morgan fingerprint density at radius 1 is 1.19 bits per heavy atom. The van der Waals surface area contributed by atoms with Gasteiger partial charge in [-0.05, 0) is 93.7 Å². The summed E-state index contributed by atoms with van der Waals surface area (Å²) in [6, 6.07) is 9.10. The third-order valence-electron chi connectivity index (χ3n) is 7.34. The molecule has 1 N–H and O–H groups in total. The molecule has 0 bridgehead atoms. The molecule has 7 nitrogen and oxygen atoms in total. The predicted molar refractivity (Wildman–Crippen MR) is 148 cm³/mol. The van der Waals surface area contributed by atoms with E-state index in [9.17, 15) is 4.79 Å². The van der Waals surface area contributed by atoms with Gasteiger partial charge in [0.05, 0.1) is 5.69 Å². The second-order valence-electron chi connectivity index (χ2n) is 11.6. The van der Waals surface area contributed by atoms with Crippen LogP contribution in [0.5, 0.6) is 0 Å². The minimum Gasteiger partial charge on any atom is -0.444 e. The topological polar surface area (TPSA) is 75.5 Å². The molecule has 4 heterocycles. The number of H-pyrrole nitrogens is 1. The molecule has 3 aromatic heterocycles. The molecule has 4 aromatic rings. The molecule has 5 rings (SSSR count). The zero-order valence-electron chi connectivity index (χ0n) is 23.2. The van der Waals surface area contributed by atoms with Crippen molar-refractivity contribution in [2.75, 3.05) is 13.1 Å². The van der Waals surface area contributed by atoms with Crippen LogP contribution in [0.25, 0.3) is 27.8 Å². The number of nitrogens with one attached hydrogen (secondary N) is 1. The van der Waals surface area contributed by atoms with E-state index in [-0.39, 0.29) is 6.09 Å². The van der Waals surface area contributed by atoms with Crippen LogP contribution < -0.4 is 0 Å². The number of carbonyl (C=O) groups excluding carboxylic acids is 1. The molecule has 37 heavy (non-hydrogen) atoms. The number of pyridine rings is 1. The van der Waals surface area contributed by atoms with E-state index in [1.165, 1.54) is 22.1 Å². The number of carbonyl (C=O) groups is 1. The van der Waals surface area contributed by atoms with Crippen molar-refractivity contribution >= 4 is 22.6 Å². The SMILES string of the molecule is CCc1cc(-c2[nH]c3ccc(C4CCN(C(=O)OC(C)(C)C)CC4)cc3c2C(C)C)cn2nc(C)nc12. The van der Waals surface area contributed by atoms with Crippen LogP contribution in [-0.2, 0) is 11.2 Å². The van der Waals surface area contributed by atoms with Crippen molar-refractivity contribution in [3.63, 3.8) is 0 Å². The Bertz CT molecular complexity index is 1450. The molecule has 0 saturated carbocycles. The summed E-state index contributed by atoms with van der Waals surface area (Å²) in [6.07, 6.45) is 4.68. The van der Waals surface area contributed by atoms with Crippen LogP contribution in [0.15, 0.2) is 30.5 Å². The van der Waals surface area contributed by atoms with E-state index >= 15 is 0 Å². The Hall–Kier alpha value is -3.35. The quantitative estimate of drug-likeness (QED) is 0.327. The molecule has 1 aliphatic rings. The molecule has 1 aromatic carbocycles. The summed E-state index contributed by atoms with van der Waals surface area (Å²) in [5, 5.41) is 5.89. The molecule has 7 heteroatoms. The number of aromatic nitrogens is 4. The molecule has 0 radical (unpaired) electrons. The maximum absolute atomic E-state index is 12.5. The molecule has 1 fully saturated rings. The lowest BCUT2D eigenvalue weighted by atomic mass is 9.87. The van der Waals surface area contributed by atoms with Crippen LogP contribution in [0.4, 0.5) is 4.79 Å². The maximum Gasteiger partial charge on any atom is 0.410 e. The molecule has 0 atom stereocenters. The number of ether oxygens (including phenoxy) is 1. The van der Waals surface area contributed by atoms with Crippen molar-refractivity contribution in [3.8, 4) is 11.3 Å². The highest BCUT2D eigenvalue weighted by molar-refractivity contribution is 5.92. The number of rotatable bonds is 4. The van der Waals surface area contributed by atoms with Gasteiger partial charge in [-0.25, -0.2) is 14.3 Å². The number of nitrogens with zero attached hydrogens (tertiary/aromatic N) is 4. The number of hydrogen-bond donors (Lipinski definition) is 1. The highest BCUT2D eigenvalue weighted by atomic mass is 16.6. The van der Waals surface area contributed by atoms with E-state index in [1.807, 2.05) is 37.1 Å². The Kier molecular flexibility index (Phi) is 6.50. The Labute approximate surface area is 219 Å². The number of hydrogen-bond acceptors (Lipinski definition) is 4. The summed E-state index contributed by atoms with van der Waals surface area (Å²) >= 11 is 0. The fourth-order valence-corrected chi connectivity index (χ4v) is 5.59. The third kappa shape index (κ3) is 4.96. The number of aryl methyl sites for hydroxylation is 2. The highest BCUT2D eigenvalue weighted by Gasteiger charge is 2.28. The van der Waals surface area contributed by atoms with Crippen LogP contribution in [0.1, 0.15) is 88.7 Å². The van der Waals surface area contributed by atoms with E-state index in [4.69, 9.17) is 4.74 Å². The molecular weight excluding hydrogens is 462 g/mol. The normalized spacial score (nSPS) is 15.3. The molecule has 0 aliphatic carbocycles. The van der Waals surface area contributed by atoms with E-state index in [0.29, 0.717) is 11.8 Å². The zero-order valence-corrected chi connectivity index (χ0v) is 23.2. The van der Waals surface area contributed by atoms with Crippen LogP contribution in [-0.4, -0.2) is 49.3 Å². The van der Waals surface area contributed by atoms with Crippen LogP contribution in [0, 0.1) is 6.92 Å². The van der Waals surface area contributed by atoms with Crippen LogP contribution in [0.3, 0.4) is 0 Å². The minimum absolute atomic E-state index is 0.204. The summed E-state index contributed by atoms with van der Waals surface area (Å²) in [6.45, 7) is 15.8. The first-order valence-corrected chi connectivity index (χ1v) is 13.5. The van der Waals surface area contributed by atoms with Gasteiger partial charge in [0.15, 0.2) is 5.65 Å². The van der Waals surface area contributed by atoms with Gasteiger partial charge in [0.2, 0.25) is 0 Å². The largest absolute Gasteiger partial charge is 0.444 e. The fraction of sp³-hybridized carbons (Fsp3) is 0.500. The van der Waals surface area contributed by atoms with E-state index in [1.54, 1.807) is 0 Å². The predicted octanol–water partition coefficient (Wildman–Crippen LogP) is 6.99. The maximum atomic E-state index is 12.5. The lowest BCUT2D eigenvalue weighted by molar-refractivity contribution is 0.0205. The van der Waals surface area contributed by atoms with E-state index < -0.39 is 5.60 Å². The van der Waals surface area contributed by atoms with Gasteiger partial charge < -0.3 is 14.6 Å². The number of fused-ring (bicyclic) bond motifs is 2. The van der Waals surface area contributed by atoms with Crippen molar-refractivity contribution in [1.29, 1.82) is 0 Å². The Morgan fingerprint density at radius 3 is 2.57 bits per heavy atom. The summed E-state index contributed by atoms with van der Waals surface area (Å²) in [5.74, 6) is 1.57. The van der Waals surface area contributed by atoms with Gasteiger partial charge in [-0.2, -0.15) is 5.10 Å². The van der Waals surface area contributed by atoms with E-state index in [2.05, 4.69) is 66.3 Å². The van der Waals surface area contributed by atoms with Crippen molar-refractivity contribution in [2.45, 2.75) is 85.2 Å². The van der Waals surface area contributed by atoms with Crippen molar-refractivity contribution < 1.29 is 9.53 Å². The lowest BCUT2D eigenvalue weighted by Gasteiger charge is -2.33. The molecule has 1 aliphatic heterocycles. The Morgan fingerprint density at radius 2 is 1.92 bits per heavy atom. The van der Waals surface area contributed by atoms with Gasteiger partial charge in [-0.3, -0.25) is 0 Å². The smallest absolute Gasteiger partial charge is 0.410 e. The minimum atomic E-state index is -0.465. The van der Waals surface area contributed by atoms with Gasteiger partial charge in [-0.15, -0.1) is 0 Å². The number of amides is 1. The van der Waals surface area contributed by atoms with Gasteiger partial charge in [0, 0.05) is 35.8 Å². The van der Waals surface area contributed by atoms with Gasteiger partial charge in [0.1, 0.15) is 11.4 Å². The first kappa shape index (κ1) is 25.3. The number of benzene rings is 1. The van der Waals surface area contributed by atoms with Crippen LogP contribution in [0.2, 0.25) is 0 Å². The third-order valence-corrected chi connectivity index (χ3v) is 7.34. The highest BCUT2D eigenvalue weighted by Crippen LogP contribution is 2.39. The summed E-state index contributed by atoms with van der Waals surface area (Å²) < 4.78 is 7.50. The Balaban J connectivity index is 1.47. The average molecular weight is 502 g/mol. The number of likely N-dealkylation sites (tertiary alicyclic amines) is 1. The number of aromatic amines is 1. The first-order chi connectivity index (χ1) is 17.5. The second-order valence-corrected chi connectivity index (χ2v) is 11.6. The van der Waals surface area contributed by atoms with Crippen molar-refractivity contribution in [2.24, 2.45) is 0 Å². The monoisotopic (exact) mass is 501 g/mol. The standard InChI is InChI=1S/C30H39N5O2/c1-8-20-15-23(17-35-28(20)31-19(4)33-35)27-26(18(2)3)24-16-22(9-10-25(24)32-27)21-11-13-34(14-12-21)29(36)37-30(5,6)7/h9-10,15-18,21,32H,8,11-14H2,1-7H3. The summed E-state index contributed by atoms with van der Waals surface area (Å²) in [5.41, 5.74) is 7.80. The van der Waals surface area contributed by atoms with Gasteiger partial charge >= 0.3 is 6.09 Å². The van der Waals surface area contributed by atoms with Gasteiger partial charge in [-0.1, -0.05) is 26.8 Å². The molecule has 0 spiro atoms. The molecule has 1 saturated heterocycles. The zero-order chi connectivity index (χ0) is 26.5. The van der Waals surface area contributed by atoms with Gasteiger partial charge in [0.25, 0.3) is 0 Å². The molecule has 1 amide bonds. The second kappa shape index (κ2) is 9.51. The van der Waals surface area contributed by atoms with Crippen LogP contribution >= 0.6 is 0 Å².